The Hall–Kier alpha value is -2.64. The van der Waals surface area contributed by atoms with E-state index in [9.17, 15) is 9.59 Å². The number of carbonyl (C=O) groups excluding carboxylic acids is 2. The molecule has 2 aromatic heterocycles. The van der Waals surface area contributed by atoms with Gasteiger partial charge in [-0.25, -0.2) is 9.36 Å². The molecule has 8 heteroatoms. The molecule has 8 nitrogen and oxygen atoms in total. The third-order valence-electron chi connectivity index (χ3n) is 5.28. The van der Waals surface area contributed by atoms with E-state index >= 15 is 0 Å². The van der Waals surface area contributed by atoms with E-state index in [0.29, 0.717) is 0 Å². The molecule has 1 aliphatic carbocycles. The highest BCUT2D eigenvalue weighted by Crippen LogP contribution is 2.30. The molecule has 0 atom stereocenters. The Balaban J connectivity index is 1.49. The molecule has 2 heterocycles. The normalized spacial score (nSPS) is 19.4. The van der Waals surface area contributed by atoms with Gasteiger partial charge in [0.1, 0.15) is 11.6 Å². The quantitative estimate of drug-likeness (QED) is 0.728. The lowest BCUT2D eigenvalue weighted by atomic mass is 9.81. The van der Waals surface area contributed by atoms with Crippen LogP contribution in [0.15, 0.2) is 24.5 Å². The van der Waals surface area contributed by atoms with Crippen molar-refractivity contribution in [2.75, 3.05) is 10.6 Å². The molecule has 0 bridgehead atoms. The number of hydrogen-bond acceptors (Lipinski definition) is 4. The second kappa shape index (κ2) is 9.52. The first kappa shape index (κ1) is 20.1. The standard InChI is InChI=1S/C20H30N6O2/c1-3-13-25-17(9-11-21-25)23-19(27)15-5-7-16(8-6-15)20(28)24-18-10-12-22-26(18)14-4-2/h9-12,15-16H,3-8,13-14H2,1-2H3,(H,23,27)(H,24,28). The van der Waals surface area contributed by atoms with Crippen molar-refractivity contribution in [3.8, 4) is 0 Å². The third kappa shape index (κ3) is 4.79. The molecule has 0 saturated heterocycles. The third-order valence-corrected chi connectivity index (χ3v) is 5.28. The zero-order valence-electron chi connectivity index (χ0n) is 16.7. The van der Waals surface area contributed by atoms with Crippen LogP contribution in [0.3, 0.4) is 0 Å². The number of rotatable bonds is 8. The average molecular weight is 387 g/mol. The summed E-state index contributed by atoms with van der Waals surface area (Å²) in [4.78, 5) is 25.2. The zero-order valence-corrected chi connectivity index (χ0v) is 16.7. The van der Waals surface area contributed by atoms with Crippen LogP contribution >= 0.6 is 0 Å². The van der Waals surface area contributed by atoms with E-state index < -0.39 is 0 Å². The second-order valence-corrected chi connectivity index (χ2v) is 7.41. The molecule has 152 valence electrons. The summed E-state index contributed by atoms with van der Waals surface area (Å²) in [5.74, 6) is 1.43. The van der Waals surface area contributed by atoms with Crippen molar-refractivity contribution in [1.29, 1.82) is 0 Å². The highest BCUT2D eigenvalue weighted by molar-refractivity contribution is 5.93. The highest BCUT2D eigenvalue weighted by Gasteiger charge is 2.30. The summed E-state index contributed by atoms with van der Waals surface area (Å²) in [6, 6.07) is 3.65. The van der Waals surface area contributed by atoms with Crippen molar-refractivity contribution in [2.24, 2.45) is 11.8 Å². The molecule has 2 N–H and O–H groups in total. The van der Waals surface area contributed by atoms with E-state index in [1.807, 2.05) is 21.5 Å². The summed E-state index contributed by atoms with van der Waals surface area (Å²) in [6.45, 7) is 5.72. The van der Waals surface area contributed by atoms with Crippen LogP contribution in [0.1, 0.15) is 52.4 Å². The summed E-state index contributed by atoms with van der Waals surface area (Å²) in [7, 11) is 0. The van der Waals surface area contributed by atoms with E-state index in [-0.39, 0.29) is 23.7 Å². The first-order chi connectivity index (χ1) is 13.6. The predicted octanol–water partition coefficient (Wildman–Crippen LogP) is 3.28. The predicted molar refractivity (Wildman–Crippen MR) is 108 cm³/mol. The maximum absolute atomic E-state index is 12.6. The van der Waals surface area contributed by atoms with Gasteiger partial charge in [-0.1, -0.05) is 13.8 Å². The number of nitrogens with one attached hydrogen (secondary N) is 2. The number of nitrogens with zero attached hydrogens (tertiary/aromatic N) is 4. The van der Waals surface area contributed by atoms with E-state index in [1.165, 1.54) is 0 Å². The van der Waals surface area contributed by atoms with Gasteiger partial charge in [0, 0.05) is 37.1 Å². The van der Waals surface area contributed by atoms with Crippen molar-refractivity contribution < 1.29 is 9.59 Å². The molecule has 28 heavy (non-hydrogen) atoms. The van der Waals surface area contributed by atoms with E-state index in [4.69, 9.17) is 0 Å². The fourth-order valence-electron chi connectivity index (χ4n) is 3.73. The summed E-state index contributed by atoms with van der Waals surface area (Å²) in [6.07, 6.45) is 8.22. The Kier molecular flexibility index (Phi) is 6.84. The molecule has 1 fully saturated rings. The van der Waals surface area contributed by atoms with Crippen LogP contribution in [0.2, 0.25) is 0 Å². The highest BCUT2D eigenvalue weighted by atomic mass is 16.2. The maximum Gasteiger partial charge on any atom is 0.228 e. The first-order valence-corrected chi connectivity index (χ1v) is 10.3. The van der Waals surface area contributed by atoms with Gasteiger partial charge < -0.3 is 10.6 Å². The summed E-state index contributed by atoms with van der Waals surface area (Å²) in [5.41, 5.74) is 0. The monoisotopic (exact) mass is 386 g/mol. The van der Waals surface area contributed by atoms with Crippen molar-refractivity contribution in [2.45, 2.75) is 65.5 Å². The van der Waals surface area contributed by atoms with Gasteiger partial charge in [0.05, 0.1) is 12.4 Å². The molecule has 1 aliphatic rings. The van der Waals surface area contributed by atoms with Crippen LogP contribution in [0, 0.1) is 11.8 Å². The summed E-state index contributed by atoms with van der Waals surface area (Å²) < 4.78 is 3.63. The molecule has 2 amide bonds. The number of amides is 2. The molecule has 0 radical (unpaired) electrons. The number of aryl methyl sites for hydroxylation is 2. The molecule has 0 spiro atoms. The van der Waals surface area contributed by atoms with Crippen molar-refractivity contribution in [3.63, 3.8) is 0 Å². The average Bonchev–Trinajstić information content (AvgIpc) is 3.32. The Morgan fingerprint density at radius 2 is 1.25 bits per heavy atom. The minimum atomic E-state index is -0.0559. The summed E-state index contributed by atoms with van der Waals surface area (Å²) >= 11 is 0. The van der Waals surface area contributed by atoms with Gasteiger partial charge >= 0.3 is 0 Å². The van der Waals surface area contributed by atoms with Crippen LogP contribution in [0.5, 0.6) is 0 Å². The summed E-state index contributed by atoms with van der Waals surface area (Å²) in [5, 5.41) is 14.5. The molecule has 1 saturated carbocycles. The van der Waals surface area contributed by atoms with Crippen LogP contribution in [0.25, 0.3) is 0 Å². The van der Waals surface area contributed by atoms with Gasteiger partial charge in [-0.3, -0.25) is 9.59 Å². The minimum absolute atomic E-state index is 0.0257. The molecule has 0 aromatic carbocycles. The maximum atomic E-state index is 12.6. The molecular formula is C20H30N6O2. The molecule has 3 rings (SSSR count). The van der Waals surface area contributed by atoms with Gasteiger partial charge in [-0.2, -0.15) is 10.2 Å². The number of carbonyl (C=O) groups is 2. The molecular weight excluding hydrogens is 356 g/mol. The van der Waals surface area contributed by atoms with Gasteiger partial charge in [-0.15, -0.1) is 0 Å². The lowest BCUT2D eigenvalue weighted by molar-refractivity contribution is -0.125. The van der Waals surface area contributed by atoms with Crippen molar-refractivity contribution >= 4 is 23.5 Å². The van der Waals surface area contributed by atoms with Gasteiger partial charge in [-0.05, 0) is 38.5 Å². The lowest BCUT2D eigenvalue weighted by Gasteiger charge is -2.27. The Labute approximate surface area is 165 Å². The van der Waals surface area contributed by atoms with E-state index in [0.717, 1.165) is 63.3 Å². The largest absolute Gasteiger partial charge is 0.311 e. The van der Waals surface area contributed by atoms with Gasteiger partial charge in [0.15, 0.2) is 0 Å². The van der Waals surface area contributed by atoms with Crippen molar-refractivity contribution in [1.82, 2.24) is 19.6 Å². The SMILES string of the molecule is CCCn1nccc1NC(=O)C1CCC(C(=O)Nc2ccnn2CCC)CC1. The number of hydrogen-bond donors (Lipinski definition) is 2. The van der Waals surface area contributed by atoms with Gasteiger partial charge in [0.25, 0.3) is 0 Å². The second-order valence-electron chi connectivity index (χ2n) is 7.41. The van der Waals surface area contributed by atoms with Crippen molar-refractivity contribution in [3.05, 3.63) is 24.5 Å². The van der Waals surface area contributed by atoms with E-state index in [2.05, 4.69) is 34.7 Å². The molecule has 2 aromatic rings. The molecule has 0 unspecified atom stereocenters. The van der Waals surface area contributed by atoms with Crippen LogP contribution in [-0.4, -0.2) is 31.4 Å². The minimum Gasteiger partial charge on any atom is -0.311 e. The van der Waals surface area contributed by atoms with Gasteiger partial charge in [0.2, 0.25) is 11.8 Å². The van der Waals surface area contributed by atoms with E-state index in [1.54, 1.807) is 12.4 Å². The Morgan fingerprint density at radius 1 is 0.857 bits per heavy atom. The lowest BCUT2D eigenvalue weighted by Crippen LogP contribution is -2.32. The number of aromatic nitrogens is 4. The van der Waals surface area contributed by atoms with Crippen LogP contribution in [0.4, 0.5) is 11.6 Å². The smallest absolute Gasteiger partial charge is 0.228 e. The van der Waals surface area contributed by atoms with Crippen LogP contribution in [-0.2, 0) is 22.7 Å². The Bertz CT molecular complexity index is 722. The first-order valence-electron chi connectivity index (χ1n) is 10.3. The zero-order chi connectivity index (χ0) is 19.9. The fourth-order valence-corrected chi connectivity index (χ4v) is 3.73. The Morgan fingerprint density at radius 3 is 1.61 bits per heavy atom. The van der Waals surface area contributed by atoms with Crippen LogP contribution < -0.4 is 10.6 Å². The topological polar surface area (TPSA) is 93.8 Å². The number of anilines is 2. The fraction of sp³-hybridized carbons (Fsp3) is 0.600. The molecule has 0 aliphatic heterocycles.